The molecule has 1 N–H and O–H groups in total. The predicted molar refractivity (Wildman–Crippen MR) is 96.1 cm³/mol. The van der Waals surface area contributed by atoms with Crippen molar-refractivity contribution in [2.75, 3.05) is 7.11 Å². The van der Waals surface area contributed by atoms with Gasteiger partial charge >= 0.3 is 11.3 Å². The molecule has 0 spiro atoms. The van der Waals surface area contributed by atoms with E-state index in [2.05, 4.69) is 5.32 Å². The summed E-state index contributed by atoms with van der Waals surface area (Å²) in [6, 6.07) is 6.21. The normalized spacial score (nSPS) is 12.2. The van der Waals surface area contributed by atoms with Crippen molar-refractivity contribution in [3.05, 3.63) is 29.8 Å². The van der Waals surface area contributed by atoms with Crippen LogP contribution in [0.2, 0.25) is 0 Å². The first-order valence-electron chi connectivity index (χ1n) is 7.15. The van der Waals surface area contributed by atoms with Gasteiger partial charge in [-0.25, -0.2) is 9.59 Å². The number of hydrogen-bond donors (Lipinski definition) is 1. The summed E-state index contributed by atoms with van der Waals surface area (Å²) in [7, 11) is 3.24. The summed E-state index contributed by atoms with van der Waals surface area (Å²) in [5, 5.41) is 2.04. The van der Waals surface area contributed by atoms with Gasteiger partial charge in [-0.3, -0.25) is 4.79 Å². The van der Waals surface area contributed by atoms with E-state index in [-0.39, 0.29) is 5.91 Å². The van der Waals surface area contributed by atoms with Gasteiger partial charge in [0.15, 0.2) is 0 Å². The Morgan fingerprint density at radius 2 is 1.75 bits per heavy atom. The van der Waals surface area contributed by atoms with Crippen LogP contribution < -0.4 is 10.1 Å². The molecule has 1 unspecified atom stereocenters. The second-order valence-corrected chi connectivity index (χ2v) is 8.31. The van der Waals surface area contributed by atoms with E-state index in [0.29, 0.717) is 5.75 Å². The summed E-state index contributed by atoms with van der Waals surface area (Å²) >= 11 is 0. The first kappa shape index (κ1) is 20.4. The zero-order valence-electron chi connectivity index (χ0n) is 14.2. The average molecular weight is 371 g/mol. The molecular formula is C16H21NO5S2. The van der Waals surface area contributed by atoms with Crippen molar-refractivity contribution in [1.29, 1.82) is 0 Å². The number of rotatable bonds is 6. The molecule has 0 aliphatic rings. The first-order valence-corrected chi connectivity index (χ1v) is 9.30. The van der Waals surface area contributed by atoms with Gasteiger partial charge in [0.1, 0.15) is 11.8 Å². The van der Waals surface area contributed by atoms with Gasteiger partial charge in [-0.1, -0.05) is 28.5 Å². The van der Waals surface area contributed by atoms with E-state index >= 15 is 0 Å². The molecule has 0 fully saturated rings. The Morgan fingerprint density at radius 3 is 2.25 bits per heavy atom. The molecule has 1 atom stereocenters. The second-order valence-electron chi connectivity index (χ2n) is 5.59. The number of carbonyl (C=O) groups excluding carboxylic acids is 3. The fourth-order valence-electron chi connectivity index (χ4n) is 1.75. The maximum atomic E-state index is 11.9. The van der Waals surface area contributed by atoms with Gasteiger partial charge < -0.3 is 14.8 Å². The number of aryl methyl sites for hydroxylation is 1. The number of hydrogen-bond acceptors (Lipinski definition) is 7. The SMILES string of the molecule is COC(=O)C(NC(C)=O)C(C)(C)SSC(=O)Oc1ccc(C)cc1. The second kappa shape index (κ2) is 8.98. The van der Waals surface area contributed by atoms with Crippen molar-refractivity contribution in [2.45, 2.75) is 38.5 Å². The summed E-state index contributed by atoms with van der Waals surface area (Å²) < 4.78 is 9.15. The smallest absolute Gasteiger partial charge is 0.383 e. The van der Waals surface area contributed by atoms with Crippen molar-refractivity contribution in [2.24, 2.45) is 0 Å². The summed E-state index contributed by atoms with van der Waals surface area (Å²) in [6.07, 6.45) is 0. The van der Waals surface area contributed by atoms with Crippen molar-refractivity contribution in [3.63, 3.8) is 0 Å². The highest BCUT2D eigenvalue weighted by Crippen LogP contribution is 2.39. The van der Waals surface area contributed by atoms with Gasteiger partial charge in [0.2, 0.25) is 5.91 Å². The Bertz CT molecular complexity index is 601. The lowest BCUT2D eigenvalue weighted by atomic mass is 10.0. The summed E-state index contributed by atoms with van der Waals surface area (Å²) in [5.74, 6) is -0.482. The average Bonchev–Trinajstić information content (AvgIpc) is 2.52. The fraction of sp³-hybridized carbons (Fsp3) is 0.438. The lowest BCUT2D eigenvalue weighted by Crippen LogP contribution is -2.52. The lowest BCUT2D eigenvalue weighted by Gasteiger charge is -2.30. The molecule has 1 aromatic rings. The number of benzene rings is 1. The van der Waals surface area contributed by atoms with Gasteiger partial charge in [-0.05, 0) is 32.9 Å². The number of esters is 1. The molecule has 0 aliphatic heterocycles. The summed E-state index contributed by atoms with van der Waals surface area (Å²) in [5.41, 5.74) is 1.06. The Kier molecular flexibility index (Phi) is 7.62. The zero-order valence-corrected chi connectivity index (χ0v) is 15.9. The van der Waals surface area contributed by atoms with Gasteiger partial charge in [0.05, 0.1) is 11.9 Å². The number of methoxy groups -OCH3 is 1. The maximum Gasteiger partial charge on any atom is 0.383 e. The molecule has 0 saturated carbocycles. The largest absolute Gasteiger partial charge is 0.467 e. The summed E-state index contributed by atoms with van der Waals surface area (Å²) in [6.45, 7) is 6.73. The van der Waals surface area contributed by atoms with Crippen LogP contribution in [0.1, 0.15) is 26.3 Å². The van der Waals surface area contributed by atoms with Crippen LogP contribution in [-0.2, 0) is 14.3 Å². The van der Waals surface area contributed by atoms with Crippen LogP contribution in [-0.4, -0.2) is 35.1 Å². The minimum Gasteiger partial charge on any atom is -0.467 e. The molecule has 0 saturated heterocycles. The van der Waals surface area contributed by atoms with Crippen molar-refractivity contribution in [1.82, 2.24) is 5.32 Å². The minimum atomic E-state index is -0.885. The van der Waals surface area contributed by atoms with Gasteiger partial charge in [0, 0.05) is 17.7 Å². The lowest BCUT2D eigenvalue weighted by molar-refractivity contribution is -0.145. The van der Waals surface area contributed by atoms with Crippen LogP contribution in [0.5, 0.6) is 5.75 Å². The van der Waals surface area contributed by atoms with Crippen LogP contribution in [0.15, 0.2) is 24.3 Å². The van der Waals surface area contributed by atoms with E-state index in [0.717, 1.165) is 27.2 Å². The number of ether oxygens (including phenoxy) is 2. The third kappa shape index (κ3) is 6.45. The van der Waals surface area contributed by atoms with E-state index in [4.69, 9.17) is 9.47 Å². The van der Waals surface area contributed by atoms with Gasteiger partial charge in [0.25, 0.3) is 0 Å². The maximum absolute atomic E-state index is 11.9. The third-order valence-corrected chi connectivity index (χ3v) is 5.94. The van der Waals surface area contributed by atoms with E-state index in [1.54, 1.807) is 26.0 Å². The molecule has 1 aromatic carbocycles. The molecule has 0 aliphatic carbocycles. The standard InChI is InChI=1S/C16H21NO5S2/c1-10-6-8-12(9-7-10)22-15(20)23-24-16(3,4)13(14(19)21-5)17-11(2)18/h6-9,13H,1-5H3,(H,17,18). The van der Waals surface area contributed by atoms with Crippen molar-refractivity contribution in [3.8, 4) is 5.75 Å². The molecule has 0 radical (unpaired) electrons. The predicted octanol–water partition coefficient (Wildman–Crippen LogP) is 3.33. The van der Waals surface area contributed by atoms with E-state index in [9.17, 15) is 14.4 Å². The first-order chi connectivity index (χ1) is 11.2. The molecular weight excluding hydrogens is 350 g/mol. The molecule has 0 aromatic heterocycles. The number of nitrogens with one attached hydrogen (secondary N) is 1. The third-order valence-electron chi connectivity index (χ3n) is 3.03. The number of carbonyl (C=O) groups is 3. The molecule has 6 nitrogen and oxygen atoms in total. The van der Waals surface area contributed by atoms with Crippen LogP contribution >= 0.6 is 21.6 Å². The van der Waals surface area contributed by atoms with Crippen molar-refractivity contribution >= 4 is 38.8 Å². The molecule has 132 valence electrons. The molecule has 0 bridgehead atoms. The van der Waals surface area contributed by atoms with Gasteiger partial charge in [-0.15, -0.1) is 0 Å². The Hall–Kier alpha value is -1.67. The highest BCUT2D eigenvalue weighted by molar-refractivity contribution is 8.82. The zero-order chi connectivity index (χ0) is 18.3. The minimum absolute atomic E-state index is 0.355. The Balaban J connectivity index is 2.67. The summed E-state index contributed by atoms with van der Waals surface area (Å²) in [4.78, 5) is 35.1. The highest BCUT2D eigenvalue weighted by Gasteiger charge is 2.38. The molecule has 1 rings (SSSR count). The fourth-order valence-corrected chi connectivity index (χ4v) is 3.65. The molecule has 1 amide bonds. The van der Waals surface area contributed by atoms with Crippen LogP contribution in [0.3, 0.4) is 0 Å². The highest BCUT2D eigenvalue weighted by atomic mass is 33.1. The Morgan fingerprint density at radius 1 is 1.17 bits per heavy atom. The number of amides is 1. The van der Waals surface area contributed by atoms with Gasteiger partial charge in [-0.2, -0.15) is 0 Å². The topological polar surface area (TPSA) is 81.7 Å². The van der Waals surface area contributed by atoms with E-state index in [1.165, 1.54) is 14.0 Å². The molecule has 0 heterocycles. The molecule has 8 heteroatoms. The van der Waals surface area contributed by atoms with Crippen molar-refractivity contribution < 1.29 is 23.9 Å². The van der Waals surface area contributed by atoms with E-state index in [1.807, 2.05) is 19.1 Å². The Labute approximate surface area is 149 Å². The molecule has 24 heavy (non-hydrogen) atoms. The monoisotopic (exact) mass is 371 g/mol. The van der Waals surface area contributed by atoms with Crippen LogP contribution in [0.25, 0.3) is 0 Å². The quantitative estimate of drug-likeness (QED) is 0.607. The van der Waals surface area contributed by atoms with Crippen LogP contribution in [0, 0.1) is 6.92 Å². The van der Waals surface area contributed by atoms with Crippen LogP contribution in [0.4, 0.5) is 4.79 Å². The van der Waals surface area contributed by atoms with E-state index < -0.39 is 22.1 Å².